The minimum Gasteiger partial charge on any atom is -0.497 e. The van der Waals surface area contributed by atoms with Crippen LogP contribution in [0.4, 0.5) is 0 Å². The topological polar surface area (TPSA) is 67.4 Å². The van der Waals surface area contributed by atoms with Gasteiger partial charge in [0, 0.05) is 24.0 Å². The number of rotatable bonds is 7. The van der Waals surface area contributed by atoms with Gasteiger partial charge in [-0.2, -0.15) is 0 Å². The predicted octanol–water partition coefficient (Wildman–Crippen LogP) is 2.10. The fraction of sp³-hybridized carbons (Fsp3) is 0.429. The zero-order chi connectivity index (χ0) is 15.0. The van der Waals surface area contributed by atoms with Crippen molar-refractivity contribution < 1.29 is 14.3 Å². The second-order valence-corrected chi connectivity index (χ2v) is 5.06. The van der Waals surface area contributed by atoms with Crippen LogP contribution in [0.25, 0.3) is 0 Å². The lowest BCUT2D eigenvalue weighted by atomic mass is 10.2. The van der Waals surface area contributed by atoms with Crippen LogP contribution in [-0.4, -0.2) is 32.0 Å². The van der Waals surface area contributed by atoms with E-state index in [1.807, 2.05) is 6.92 Å². The highest BCUT2D eigenvalue weighted by molar-refractivity contribution is 9.10. The maximum Gasteiger partial charge on any atom is 0.252 e. The first-order valence-corrected chi connectivity index (χ1v) is 7.26. The minimum absolute atomic E-state index is 0.0585. The lowest BCUT2D eigenvalue weighted by Gasteiger charge is -2.08. The Balaban J connectivity index is 2.49. The van der Waals surface area contributed by atoms with Gasteiger partial charge in [-0.15, -0.1) is 0 Å². The zero-order valence-corrected chi connectivity index (χ0v) is 13.2. The first kappa shape index (κ1) is 16.5. The molecule has 0 fully saturated rings. The Kier molecular flexibility index (Phi) is 7.08. The van der Waals surface area contributed by atoms with E-state index < -0.39 is 0 Å². The summed E-state index contributed by atoms with van der Waals surface area (Å²) in [4.78, 5) is 23.4. The Bertz CT molecular complexity index is 477. The van der Waals surface area contributed by atoms with Gasteiger partial charge < -0.3 is 15.4 Å². The van der Waals surface area contributed by atoms with E-state index in [9.17, 15) is 9.59 Å². The largest absolute Gasteiger partial charge is 0.497 e. The number of carbonyl (C=O) groups is 2. The quantitative estimate of drug-likeness (QED) is 0.797. The van der Waals surface area contributed by atoms with Crippen LogP contribution in [0, 0.1) is 0 Å². The highest BCUT2D eigenvalue weighted by atomic mass is 79.9. The molecule has 0 aromatic heterocycles. The molecule has 1 rings (SSSR count). The number of amides is 2. The van der Waals surface area contributed by atoms with Gasteiger partial charge in [-0.05, 0) is 40.5 Å². The first-order chi connectivity index (χ1) is 9.58. The van der Waals surface area contributed by atoms with Gasteiger partial charge in [0.2, 0.25) is 5.91 Å². The molecule has 0 heterocycles. The summed E-state index contributed by atoms with van der Waals surface area (Å²) >= 11 is 3.32. The van der Waals surface area contributed by atoms with Crippen molar-refractivity contribution in [1.29, 1.82) is 0 Å². The number of ether oxygens (including phenoxy) is 1. The average molecular weight is 343 g/mol. The molecule has 0 aliphatic carbocycles. The van der Waals surface area contributed by atoms with E-state index in [1.165, 1.54) is 0 Å². The number of methoxy groups -OCH3 is 1. The van der Waals surface area contributed by atoms with E-state index in [2.05, 4.69) is 26.6 Å². The second-order valence-electron chi connectivity index (χ2n) is 4.20. The monoisotopic (exact) mass is 342 g/mol. The fourth-order valence-corrected chi connectivity index (χ4v) is 1.97. The van der Waals surface area contributed by atoms with Gasteiger partial charge in [0.25, 0.3) is 5.91 Å². The number of nitrogens with one attached hydrogen (secondary N) is 2. The van der Waals surface area contributed by atoms with Crippen molar-refractivity contribution in [2.45, 2.75) is 19.8 Å². The molecule has 0 unspecified atom stereocenters. The lowest BCUT2D eigenvalue weighted by Crippen LogP contribution is -2.31. The van der Waals surface area contributed by atoms with E-state index in [-0.39, 0.29) is 18.2 Å². The molecule has 5 nitrogen and oxygen atoms in total. The Hall–Kier alpha value is -1.56. The summed E-state index contributed by atoms with van der Waals surface area (Å²) in [5.41, 5.74) is 0.485. The van der Waals surface area contributed by atoms with Gasteiger partial charge in [0.1, 0.15) is 5.75 Å². The number of carbonyl (C=O) groups excluding carboxylic acids is 2. The third-order valence-electron chi connectivity index (χ3n) is 2.63. The molecule has 110 valence electrons. The molecule has 0 spiro atoms. The highest BCUT2D eigenvalue weighted by Crippen LogP contribution is 2.22. The molecule has 0 aliphatic rings. The van der Waals surface area contributed by atoms with Crippen molar-refractivity contribution in [1.82, 2.24) is 10.6 Å². The summed E-state index contributed by atoms with van der Waals surface area (Å²) in [6, 6.07) is 5.16. The molecule has 20 heavy (non-hydrogen) atoms. The smallest absolute Gasteiger partial charge is 0.252 e. The first-order valence-electron chi connectivity index (χ1n) is 6.47. The van der Waals surface area contributed by atoms with Gasteiger partial charge in [-0.3, -0.25) is 9.59 Å². The SMILES string of the molecule is CCCNC(=O)CCNC(=O)c1cc(OC)ccc1Br. The van der Waals surface area contributed by atoms with Crippen molar-refractivity contribution >= 4 is 27.7 Å². The third kappa shape index (κ3) is 5.21. The van der Waals surface area contributed by atoms with Gasteiger partial charge in [0.05, 0.1) is 12.7 Å². The van der Waals surface area contributed by atoms with Crippen molar-refractivity contribution in [2.24, 2.45) is 0 Å². The molecule has 2 amide bonds. The van der Waals surface area contributed by atoms with Crippen LogP contribution in [0.5, 0.6) is 5.75 Å². The molecule has 0 bridgehead atoms. The third-order valence-corrected chi connectivity index (χ3v) is 3.32. The van der Waals surface area contributed by atoms with Crippen molar-refractivity contribution in [2.75, 3.05) is 20.2 Å². The van der Waals surface area contributed by atoms with Crippen LogP contribution in [0.3, 0.4) is 0 Å². The Morgan fingerprint density at radius 2 is 2.00 bits per heavy atom. The summed E-state index contributed by atoms with van der Waals surface area (Å²) in [7, 11) is 1.54. The van der Waals surface area contributed by atoms with E-state index in [4.69, 9.17) is 4.74 Å². The molecule has 0 aliphatic heterocycles. The predicted molar refractivity (Wildman–Crippen MR) is 80.9 cm³/mol. The fourth-order valence-electron chi connectivity index (χ4n) is 1.54. The summed E-state index contributed by atoms with van der Waals surface area (Å²) in [6.45, 7) is 2.95. The Morgan fingerprint density at radius 3 is 2.65 bits per heavy atom. The minimum atomic E-state index is -0.237. The molecule has 1 aromatic carbocycles. The Labute approximate surface area is 127 Å². The standard InChI is InChI=1S/C14H19BrN2O3/c1-3-7-16-13(18)6-8-17-14(19)11-9-10(20-2)4-5-12(11)15/h4-5,9H,3,6-8H2,1-2H3,(H,16,18)(H,17,19). The van der Waals surface area contributed by atoms with Crippen LogP contribution in [0.15, 0.2) is 22.7 Å². The van der Waals surface area contributed by atoms with E-state index >= 15 is 0 Å². The maximum absolute atomic E-state index is 12.0. The average Bonchev–Trinajstić information content (AvgIpc) is 2.45. The summed E-state index contributed by atoms with van der Waals surface area (Å²) in [6.07, 6.45) is 1.17. The van der Waals surface area contributed by atoms with Crippen LogP contribution in [0.1, 0.15) is 30.1 Å². The maximum atomic E-state index is 12.0. The molecule has 0 radical (unpaired) electrons. The number of halogens is 1. The number of hydrogen-bond acceptors (Lipinski definition) is 3. The molecule has 0 saturated carbocycles. The highest BCUT2D eigenvalue weighted by Gasteiger charge is 2.11. The summed E-state index contributed by atoms with van der Waals surface area (Å²) in [5.74, 6) is 0.315. The van der Waals surface area contributed by atoms with E-state index in [0.717, 1.165) is 6.42 Å². The van der Waals surface area contributed by atoms with Crippen molar-refractivity contribution in [3.8, 4) is 5.75 Å². The summed E-state index contributed by atoms with van der Waals surface area (Å²) in [5, 5.41) is 5.47. The number of hydrogen-bond donors (Lipinski definition) is 2. The van der Waals surface area contributed by atoms with Gasteiger partial charge in [-0.1, -0.05) is 6.92 Å². The van der Waals surface area contributed by atoms with E-state index in [0.29, 0.717) is 28.9 Å². The lowest BCUT2D eigenvalue weighted by molar-refractivity contribution is -0.120. The molecule has 0 atom stereocenters. The molecule has 1 aromatic rings. The van der Waals surface area contributed by atoms with Crippen LogP contribution < -0.4 is 15.4 Å². The second kappa shape index (κ2) is 8.58. The van der Waals surface area contributed by atoms with Gasteiger partial charge >= 0.3 is 0 Å². The summed E-state index contributed by atoms with van der Waals surface area (Å²) < 4.78 is 5.77. The molecular formula is C14H19BrN2O3. The molecular weight excluding hydrogens is 324 g/mol. The van der Waals surface area contributed by atoms with Crippen LogP contribution >= 0.6 is 15.9 Å². The normalized spacial score (nSPS) is 9.95. The van der Waals surface area contributed by atoms with Crippen molar-refractivity contribution in [3.05, 3.63) is 28.2 Å². The molecule has 2 N–H and O–H groups in total. The molecule has 6 heteroatoms. The number of benzene rings is 1. The van der Waals surface area contributed by atoms with Crippen molar-refractivity contribution in [3.63, 3.8) is 0 Å². The van der Waals surface area contributed by atoms with Gasteiger partial charge in [-0.25, -0.2) is 0 Å². The van der Waals surface area contributed by atoms with Crippen LogP contribution in [-0.2, 0) is 4.79 Å². The Morgan fingerprint density at radius 1 is 1.25 bits per heavy atom. The van der Waals surface area contributed by atoms with Crippen LogP contribution in [0.2, 0.25) is 0 Å². The van der Waals surface area contributed by atoms with Gasteiger partial charge in [0.15, 0.2) is 0 Å². The molecule has 0 saturated heterocycles. The zero-order valence-electron chi connectivity index (χ0n) is 11.7. The van der Waals surface area contributed by atoms with E-state index in [1.54, 1.807) is 25.3 Å².